The van der Waals surface area contributed by atoms with E-state index in [4.69, 9.17) is 4.74 Å². The molecule has 0 spiro atoms. The molecule has 0 unspecified atom stereocenters. The summed E-state index contributed by atoms with van der Waals surface area (Å²) in [5.41, 5.74) is -1.80. The van der Waals surface area contributed by atoms with Crippen LogP contribution in [0.1, 0.15) is 44.9 Å². The Morgan fingerprint density at radius 2 is 1.57 bits per heavy atom. The summed E-state index contributed by atoms with van der Waals surface area (Å²) in [6.45, 7) is 0. The minimum absolute atomic E-state index is 0.116. The predicted octanol–water partition coefficient (Wildman–Crippen LogP) is 3.43. The first-order valence-corrected chi connectivity index (χ1v) is 5.28. The van der Waals surface area contributed by atoms with Crippen molar-refractivity contribution in [1.82, 2.24) is 0 Å². The Morgan fingerprint density at radius 3 is 2.00 bits per heavy atom. The van der Waals surface area contributed by atoms with E-state index >= 15 is 0 Å². The van der Waals surface area contributed by atoms with Gasteiger partial charge in [-0.1, -0.05) is 19.3 Å². The Bertz CT molecular complexity index is 202. The fourth-order valence-electron chi connectivity index (χ4n) is 2.10. The number of hydrogen-bond donors (Lipinski definition) is 0. The normalized spacial score (nSPS) is 27.6. The summed E-state index contributed by atoms with van der Waals surface area (Å²) in [6.07, 6.45) is -0.176. The van der Waals surface area contributed by atoms with Gasteiger partial charge in [-0.2, -0.15) is 13.2 Å². The minimum atomic E-state index is -4.18. The molecule has 0 aromatic rings. The molecule has 0 aromatic carbocycles. The van der Waals surface area contributed by atoms with Crippen LogP contribution in [-0.2, 0) is 4.74 Å². The molecular formula is C10H15F3O. The SMILES string of the molecule is FC(F)(F)C1(OC2CC2)CCCCC1. The van der Waals surface area contributed by atoms with Gasteiger partial charge in [0.1, 0.15) is 0 Å². The third-order valence-electron chi connectivity index (χ3n) is 3.09. The number of ether oxygens (including phenoxy) is 1. The Morgan fingerprint density at radius 1 is 1.00 bits per heavy atom. The van der Waals surface area contributed by atoms with Crippen LogP contribution in [0.5, 0.6) is 0 Å². The molecule has 2 fully saturated rings. The number of hydrogen-bond acceptors (Lipinski definition) is 1. The molecule has 2 aliphatic rings. The van der Waals surface area contributed by atoms with Crippen molar-refractivity contribution in [3.05, 3.63) is 0 Å². The largest absolute Gasteiger partial charge is 0.417 e. The number of alkyl halides is 3. The van der Waals surface area contributed by atoms with Gasteiger partial charge < -0.3 is 4.74 Å². The molecule has 2 aliphatic carbocycles. The van der Waals surface area contributed by atoms with Gasteiger partial charge >= 0.3 is 6.18 Å². The van der Waals surface area contributed by atoms with E-state index in [2.05, 4.69) is 0 Å². The van der Waals surface area contributed by atoms with Crippen molar-refractivity contribution in [3.63, 3.8) is 0 Å². The Balaban J connectivity index is 2.08. The van der Waals surface area contributed by atoms with E-state index < -0.39 is 11.8 Å². The van der Waals surface area contributed by atoms with Gasteiger partial charge in [0.2, 0.25) is 0 Å². The van der Waals surface area contributed by atoms with Crippen LogP contribution in [0, 0.1) is 0 Å². The second-order valence-electron chi connectivity index (χ2n) is 4.37. The molecule has 2 rings (SSSR count). The second kappa shape index (κ2) is 3.40. The molecule has 0 atom stereocenters. The van der Waals surface area contributed by atoms with E-state index in [1.54, 1.807) is 0 Å². The average Bonchev–Trinajstić information content (AvgIpc) is 2.88. The van der Waals surface area contributed by atoms with E-state index in [0.717, 1.165) is 19.3 Å². The highest BCUT2D eigenvalue weighted by Gasteiger charge is 2.57. The first kappa shape index (κ1) is 10.3. The molecule has 1 nitrogen and oxygen atoms in total. The standard InChI is InChI=1S/C10H15F3O/c11-10(12,13)9(14-8-4-5-8)6-2-1-3-7-9/h8H,1-7H2. The average molecular weight is 208 g/mol. The molecule has 0 N–H and O–H groups in total. The molecule has 0 radical (unpaired) electrons. The Kier molecular flexibility index (Phi) is 2.50. The van der Waals surface area contributed by atoms with Crippen LogP contribution in [0.4, 0.5) is 13.2 Å². The molecule has 2 saturated carbocycles. The molecule has 0 aromatic heterocycles. The first-order chi connectivity index (χ1) is 6.54. The third kappa shape index (κ3) is 1.90. The maximum absolute atomic E-state index is 12.9. The maximum atomic E-state index is 12.9. The van der Waals surface area contributed by atoms with Crippen molar-refractivity contribution in [2.75, 3.05) is 0 Å². The van der Waals surface area contributed by atoms with Crippen LogP contribution in [0.2, 0.25) is 0 Å². The van der Waals surface area contributed by atoms with Crippen molar-refractivity contribution in [1.29, 1.82) is 0 Å². The summed E-state index contributed by atoms with van der Waals surface area (Å²) < 4.78 is 43.8. The molecule has 0 saturated heterocycles. The summed E-state index contributed by atoms with van der Waals surface area (Å²) in [4.78, 5) is 0. The van der Waals surface area contributed by atoms with Gasteiger partial charge in [0.25, 0.3) is 0 Å². The topological polar surface area (TPSA) is 9.23 Å². The van der Waals surface area contributed by atoms with E-state index in [1.807, 2.05) is 0 Å². The zero-order valence-electron chi connectivity index (χ0n) is 8.07. The maximum Gasteiger partial charge on any atom is 0.417 e. The molecule has 14 heavy (non-hydrogen) atoms. The lowest BCUT2D eigenvalue weighted by Crippen LogP contribution is -2.49. The van der Waals surface area contributed by atoms with Gasteiger partial charge in [-0.3, -0.25) is 0 Å². The fraction of sp³-hybridized carbons (Fsp3) is 1.00. The van der Waals surface area contributed by atoms with Crippen LogP contribution >= 0.6 is 0 Å². The van der Waals surface area contributed by atoms with Crippen LogP contribution in [0.15, 0.2) is 0 Å². The summed E-state index contributed by atoms with van der Waals surface area (Å²) in [7, 11) is 0. The number of rotatable bonds is 2. The molecular weight excluding hydrogens is 193 g/mol. The van der Waals surface area contributed by atoms with Gasteiger partial charge in [-0.25, -0.2) is 0 Å². The summed E-state index contributed by atoms with van der Waals surface area (Å²) in [5, 5.41) is 0. The molecule has 0 bridgehead atoms. The smallest absolute Gasteiger partial charge is 0.362 e. The predicted molar refractivity (Wildman–Crippen MR) is 46.0 cm³/mol. The van der Waals surface area contributed by atoms with Crippen molar-refractivity contribution >= 4 is 0 Å². The minimum Gasteiger partial charge on any atom is -0.362 e. The van der Waals surface area contributed by atoms with E-state index in [9.17, 15) is 13.2 Å². The van der Waals surface area contributed by atoms with Crippen molar-refractivity contribution < 1.29 is 17.9 Å². The van der Waals surface area contributed by atoms with Gasteiger partial charge in [0, 0.05) is 0 Å². The van der Waals surface area contributed by atoms with Crippen molar-refractivity contribution in [2.45, 2.75) is 62.8 Å². The summed E-state index contributed by atoms with van der Waals surface area (Å²) >= 11 is 0. The molecule has 4 heteroatoms. The lowest BCUT2D eigenvalue weighted by atomic mass is 9.84. The second-order valence-corrected chi connectivity index (χ2v) is 4.37. The van der Waals surface area contributed by atoms with E-state index in [0.29, 0.717) is 12.8 Å². The number of halogens is 3. The highest BCUT2D eigenvalue weighted by molar-refractivity contribution is 4.94. The van der Waals surface area contributed by atoms with Crippen molar-refractivity contribution in [2.24, 2.45) is 0 Å². The lowest BCUT2D eigenvalue weighted by Gasteiger charge is -2.38. The molecule has 0 aliphatic heterocycles. The Hall–Kier alpha value is -0.250. The lowest BCUT2D eigenvalue weighted by molar-refractivity contribution is -0.291. The van der Waals surface area contributed by atoms with E-state index in [-0.39, 0.29) is 18.9 Å². The third-order valence-corrected chi connectivity index (χ3v) is 3.09. The van der Waals surface area contributed by atoms with Gasteiger partial charge in [-0.15, -0.1) is 0 Å². The molecule has 0 amide bonds. The van der Waals surface area contributed by atoms with Crippen LogP contribution < -0.4 is 0 Å². The zero-order chi connectivity index (χ0) is 10.2. The molecule has 0 heterocycles. The summed E-state index contributed by atoms with van der Waals surface area (Å²) in [6, 6.07) is 0. The quantitative estimate of drug-likeness (QED) is 0.675. The first-order valence-electron chi connectivity index (χ1n) is 5.28. The van der Waals surface area contributed by atoms with Crippen LogP contribution in [0.3, 0.4) is 0 Å². The van der Waals surface area contributed by atoms with Crippen LogP contribution in [0.25, 0.3) is 0 Å². The highest BCUT2D eigenvalue weighted by atomic mass is 19.4. The van der Waals surface area contributed by atoms with Gasteiger partial charge in [0.05, 0.1) is 6.10 Å². The van der Waals surface area contributed by atoms with Gasteiger partial charge in [0.15, 0.2) is 5.60 Å². The molecule has 82 valence electrons. The van der Waals surface area contributed by atoms with Crippen molar-refractivity contribution in [3.8, 4) is 0 Å². The zero-order valence-corrected chi connectivity index (χ0v) is 8.07. The van der Waals surface area contributed by atoms with E-state index in [1.165, 1.54) is 0 Å². The Labute approximate surface area is 81.6 Å². The monoisotopic (exact) mass is 208 g/mol. The fourth-order valence-corrected chi connectivity index (χ4v) is 2.10. The highest BCUT2D eigenvalue weighted by Crippen LogP contribution is 2.47. The van der Waals surface area contributed by atoms with Crippen LogP contribution in [-0.4, -0.2) is 17.9 Å². The summed E-state index contributed by atoms with van der Waals surface area (Å²) in [5.74, 6) is 0. The van der Waals surface area contributed by atoms with Gasteiger partial charge in [-0.05, 0) is 25.7 Å².